The summed E-state index contributed by atoms with van der Waals surface area (Å²) in [5, 5.41) is 0.0582. The van der Waals surface area contributed by atoms with Crippen LogP contribution in [0, 0.1) is 11.7 Å². The van der Waals surface area contributed by atoms with Gasteiger partial charge in [-0.2, -0.15) is 4.90 Å². The molecule has 2 fully saturated rings. The monoisotopic (exact) mass is 592 g/mol. The van der Waals surface area contributed by atoms with Crippen molar-refractivity contribution in [3.63, 3.8) is 0 Å². The van der Waals surface area contributed by atoms with Crippen LogP contribution in [0.25, 0.3) is 0 Å². The topological polar surface area (TPSA) is 95.9 Å². The largest absolute Gasteiger partial charge is 0.494 e. The molecule has 3 aliphatic heterocycles. The minimum Gasteiger partial charge on any atom is -0.443 e. The summed E-state index contributed by atoms with van der Waals surface area (Å²) in [7, 11) is -0.713. The van der Waals surface area contributed by atoms with Crippen LogP contribution in [0.2, 0.25) is 0 Å². The second kappa shape index (κ2) is 10.5. The van der Waals surface area contributed by atoms with Crippen LogP contribution in [0.5, 0.6) is 0 Å². The average Bonchev–Trinajstić information content (AvgIpc) is 3.24. The van der Waals surface area contributed by atoms with Gasteiger partial charge in [-0.05, 0) is 87.7 Å². The second-order valence-corrected chi connectivity index (χ2v) is 14.9. The Balaban J connectivity index is 1.82. The molecule has 0 unspecified atom stereocenters. The van der Waals surface area contributed by atoms with Crippen molar-refractivity contribution in [2.24, 2.45) is 10.9 Å². The molecule has 0 aromatic heterocycles. The summed E-state index contributed by atoms with van der Waals surface area (Å²) >= 11 is 1.21. The minimum absolute atomic E-state index is 0.0582. The summed E-state index contributed by atoms with van der Waals surface area (Å²) in [5.74, 6) is -0.301. The van der Waals surface area contributed by atoms with Crippen LogP contribution in [0.4, 0.5) is 14.0 Å². The Kier molecular flexibility index (Phi) is 8.17. The number of imide groups is 1. The minimum atomic E-state index is -1.22. The van der Waals surface area contributed by atoms with Crippen molar-refractivity contribution in [1.82, 2.24) is 4.90 Å². The van der Waals surface area contributed by atoms with E-state index in [1.54, 1.807) is 53.7 Å². The third kappa shape index (κ3) is 6.31. The van der Waals surface area contributed by atoms with Gasteiger partial charge in [0.05, 0.1) is 23.9 Å². The Labute approximate surface area is 247 Å². The maximum Gasteiger partial charge on any atom is 0.494 e. The summed E-state index contributed by atoms with van der Waals surface area (Å²) in [6, 6.07) is 4.72. The predicted molar refractivity (Wildman–Crippen MR) is 157 cm³/mol. The second-order valence-electron chi connectivity index (χ2n) is 13.9. The zero-order valence-corrected chi connectivity index (χ0v) is 26.7. The van der Waals surface area contributed by atoms with Gasteiger partial charge in [0.1, 0.15) is 22.6 Å². The average molecular weight is 593 g/mol. The van der Waals surface area contributed by atoms with E-state index in [1.807, 2.05) is 34.6 Å². The molecule has 0 saturated carbocycles. The fourth-order valence-electron chi connectivity index (χ4n) is 4.92. The summed E-state index contributed by atoms with van der Waals surface area (Å²) < 4.78 is 45.4. The Morgan fingerprint density at radius 1 is 1.02 bits per heavy atom. The SMILES string of the molecule is C[C@H]1OC[C@]2(c3cc(B4OC(C)(C)C(C)(C)O4)ccc3F)N=C(N(C(=O)OC(C)(C)C)C(=O)OC(C)(C)C)SC[C@H]12. The maximum absolute atomic E-state index is 15.8. The zero-order chi connectivity index (χ0) is 30.8. The van der Waals surface area contributed by atoms with Crippen molar-refractivity contribution in [3.8, 4) is 0 Å². The Hall–Kier alpha value is -2.15. The van der Waals surface area contributed by atoms with Gasteiger partial charge in [0.2, 0.25) is 0 Å². The molecule has 1 aromatic carbocycles. The van der Waals surface area contributed by atoms with E-state index in [1.165, 1.54) is 17.8 Å². The fraction of sp³-hybridized carbons (Fsp3) is 0.690. The van der Waals surface area contributed by atoms with Crippen LogP contribution in [0.15, 0.2) is 23.2 Å². The van der Waals surface area contributed by atoms with Gasteiger partial charge >= 0.3 is 19.3 Å². The highest BCUT2D eigenvalue weighted by molar-refractivity contribution is 8.13. The van der Waals surface area contributed by atoms with Gasteiger partial charge in [-0.3, -0.25) is 0 Å². The van der Waals surface area contributed by atoms with Crippen molar-refractivity contribution >= 4 is 41.7 Å². The Bertz CT molecular complexity index is 1200. The number of hydrogen-bond donors (Lipinski definition) is 0. The van der Waals surface area contributed by atoms with E-state index in [4.69, 9.17) is 28.5 Å². The first kappa shape index (κ1) is 31.8. The van der Waals surface area contributed by atoms with E-state index >= 15 is 4.39 Å². The molecule has 3 heterocycles. The lowest BCUT2D eigenvalue weighted by Gasteiger charge is -2.38. The van der Waals surface area contributed by atoms with Crippen LogP contribution in [-0.4, -0.2) is 70.2 Å². The number of rotatable bonds is 2. The normalized spacial score (nSPS) is 27.2. The molecule has 2 saturated heterocycles. The standard InChI is InChI=1S/C29H42BFN2O7S/c1-17-20-15-41-22(33(23(34)37-25(2,3)4)24(35)38-26(5,6)7)32-29(20,16-36-17)19-14-18(12-13-21(19)31)30-39-27(8,9)28(10,11)40-30/h12-14,17,20H,15-16H2,1-11H3/t17-,20-,29-/m1/s1. The third-order valence-corrected chi connectivity index (χ3v) is 8.82. The maximum atomic E-state index is 15.8. The number of amidine groups is 1. The third-order valence-electron chi connectivity index (χ3n) is 7.76. The smallest absolute Gasteiger partial charge is 0.443 e. The van der Waals surface area contributed by atoms with Gasteiger partial charge in [0.15, 0.2) is 5.17 Å². The van der Waals surface area contributed by atoms with Gasteiger partial charge in [-0.1, -0.05) is 23.9 Å². The quantitative estimate of drug-likeness (QED) is 0.408. The van der Waals surface area contributed by atoms with Crippen molar-refractivity contribution in [2.45, 2.75) is 110 Å². The summed E-state index contributed by atoms with van der Waals surface area (Å²) in [6.07, 6.45) is -2.10. The molecular formula is C29H42BFN2O7S. The number of amides is 2. The number of thioether (sulfide) groups is 1. The summed E-state index contributed by atoms with van der Waals surface area (Å²) in [5.41, 5.74) is -3.22. The number of carbonyl (C=O) groups is 2. The highest BCUT2D eigenvalue weighted by atomic mass is 32.2. The Morgan fingerprint density at radius 3 is 2.07 bits per heavy atom. The highest BCUT2D eigenvalue weighted by Crippen LogP contribution is 2.49. The highest BCUT2D eigenvalue weighted by Gasteiger charge is 2.56. The van der Waals surface area contributed by atoms with Crippen LogP contribution in [-0.2, 0) is 29.1 Å². The molecule has 3 aliphatic rings. The van der Waals surface area contributed by atoms with Crippen molar-refractivity contribution in [2.75, 3.05) is 12.4 Å². The molecule has 2 amide bonds. The van der Waals surface area contributed by atoms with Crippen LogP contribution >= 0.6 is 11.8 Å². The number of carbonyl (C=O) groups excluding carboxylic acids is 2. The first-order chi connectivity index (χ1) is 18.7. The van der Waals surface area contributed by atoms with Crippen molar-refractivity contribution in [3.05, 3.63) is 29.6 Å². The molecule has 0 N–H and O–H groups in total. The van der Waals surface area contributed by atoms with Crippen LogP contribution in [0.3, 0.4) is 0 Å². The first-order valence-electron chi connectivity index (χ1n) is 13.9. The van der Waals surface area contributed by atoms with Crippen LogP contribution in [0.1, 0.15) is 81.7 Å². The van der Waals surface area contributed by atoms with E-state index in [9.17, 15) is 9.59 Å². The molecule has 0 aliphatic carbocycles. The summed E-state index contributed by atoms with van der Waals surface area (Å²) in [6.45, 7) is 20.0. The van der Waals surface area contributed by atoms with E-state index in [0.717, 1.165) is 4.90 Å². The van der Waals surface area contributed by atoms with Gasteiger partial charge in [0, 0.05) is 17.2 Å². The Morgan fingerprint density at radius 2 is 1.56 bits per heavy atom. The fourth-order valence-corrected chi connectivity index (χ4v) is 6.31. The number of fused-ring (bicyclic) bond motifs is 1. The zero-order valence-electron chi connectivity index (χ0n) is 25.9. The van der Waals surface area contributed by atoms with E-state index in [-0.39, 0.29) is 29.4 Å². The molecular weight excluding hydrogens is 550 g/mol. The number of halogens is 1. The lowest BCUT2D eigenvalue weighted by Crippen LogP contribution is -2.50. The molecule has 1 aromatic rings. The molecule has 0 radical (unpaired) electrons. The molecule has 226 valence electrons. The number of aliphatic imine (C=N–C) groups is 1. The number of ether oxygens (including phenoxy) is 3. The molecule has 12 heteroatoms. The number of benzene rings is 1. The van der Waals surface area contributed by atoms with E-state index in [2.05, 4.69) is 0 Å². The number of hydrogen-bond acceptors (Lipinski definition) is 9. The molecule has 4 rings (SSSR count). The molecule has 0 bridgehead atoms. The lowest BCUT2D eigenvalue weighted by atomic mass is 9.73. The van der Waals surface area contributed by atoms with Crippen molar-refractivity contribution < 1.29 is 37.5 Å². The van der Waals surface area contributed by atoms with Gasteiger partial charge in [-0.25, -0.2) is 19.0 Å². The van der Waals surface area contributed by atoms with Gasteiger partial charge in [-0.15, -0.1) is 0 Å². The molecule has 0 spiro atoms. The molecule has 3 atom stereocenters. The summed E-state index contributed by atoms with van der Waals surface area (Å²) in [4.78, 5) is 32.5. The van der Waals surface area contributed by atoms with E-state index < -0.39 is 53.1 Å². The lowest BCUT2D eigenvalue weighted by molar-refractivity contribution is 0.00578. The first-order valence-corrected chi connectivity index (χ1v) is 14.9. The van der Waals surface area contributed by atoms with E-state index in [0.29, 0.717) is 11.2 Å². The van der Waals surface area contributed by atoms with Gasteiger partial charge < -0.3 is 23.5 Å². The van der Waals surface area contributed by atoms with Crippen molar-refractivity contribution in [1.29, 1.82) is 0 Å². The predicted octanol–water partition coefficient (Wildman–Crippen LogP) is 5.63. The number of nitrogens with zero attached hydrogens (tertiary/aromatic N) is 2. The van der Waals surface area contributed by atoms with Crippen LogP contribution < -0.4 is 5.46 Å². The molecule has 9 nitrogen and oxygen atoms in total. The molecule has 41 heavy (non-hydrogen) atoms. The van der Waals surface area contributed by atoms with Gasteiger partial charge in [0.25, 0.3) is 0 Å².